The van der Waals surface area contributed by atoms with Gasteiger partial charge >= 0.3 is 0 Å². The molecule has 0 aliphatic carbocycles. The minimum atomic E-state index is 0. The molecule has 2 aromatic carbocycles. The highest BCUT2D eigenvalue weighted by atomic mass is 35.5. The third kappa shape index (κ3) is 2.37. The van der Waals surface area contributed by atoms with Crippen LogP contribution in [0.15, 0.2) is 72.9 Å². The van der Waals surface area contributed by atoms with Gasteiger partial charge in [0.05, 0.1) is 6.04 Å². The fourth-order valence-corrected chi connectivity index (χ4v) is 2.99. The Morgan fingerprint density at radius 1 is 0.857 bits per heavy atom. The second kappa shape index (κ2) is 5.76. The van der Waals surface area contributed by atoms with Gasteiger partial charge in [-0.25, -0.2) is 0 Å². The van der Waals surface area contributed by atoms with Crippen molar-refractivity contribution in [3.05, 3.63) is 89.7 Å². The lowest BCUT2D eigenvalue weighted by Gasteiger charge is -2.17. The maximum Gasteiger partial charge on any atom is 0.0737 e. The normalized spacial score (nSPS) is 16.3. The molecular weight excluding hydrogens is 280 g/mol. The lowest BCUT2D eigenvalue weighted by atomic mass is 10.0. The molecule has 0 fully saturated rings. The van der Waals surface area contributed by atoms with Crippen molar-refractivity contribution >= 4 is 0 Å². The summed E-state index contributed by atoms with van der Waals surface area (Å²) in [7, 11) is 0. The van der Waals surface area contributed by atoms with Gasteiger partial charge in [0.15, 0.2) is 0 Å². The number of aromatic nitrogens is 1. The standard InChI is InChI=1S/C18H16N2.ClH/c1-2-7-14(8-3-1)18-17-11-6-12-20(17)16-10-5-4-9-15(16)13-19-18;/h1-12,18-19H,13H2;1H/p-1. The van der Waals surface area contributed by atoms with Crippen molar-refractivity contribution in [1.82, 2.24) is 9.88 Å². The van der Waals surface area contributed by atoms with Crippen LogP contribution in [0.3, 0.4) is 0 Å². The first-order valence-corrected chi connectivity index (χ1v) is 6.97. The van der Waals surface area contributed by atoms with Crippen LogP contribution in [0.1, 0.15) is 22.9 Å². The highest BCUT2D eigenvalue weighted by molar-refractivity contribution is 5.46. The lowest BCUT2D eigenvalue weighted by Crippen LogP contribution is -3.00. The molecule has 3 heteroatoms. The van der Waals surface area contributed by atoms with Crippen LogP contribution in [0.25, 0.3) is 5.69 Å². The van der Waals surface area contributed by atoms with Gasteiger partial charge in [0.2, 0.25) is 0 Å². The Balaban J connectivity index is 0.00000132. The lowest BCUT2D eigenvalue weighted by molar-refractivity contribution is -0.00000393. The van der Waals surface area contributed by atoms with Gasteiger partial charge in [0.25, 0.3) is 0 Å². The Hall–Kier alpha value is -2.03. The van der Waals surface area contributed by atoms with Crippen molar-refractivity contribution in [2.45, 2.75) is 12.6 Å². The molecule has 0 saturated heterocycles. The summed E-state index contributed by atoms with van der Waals surface area (Å²) in [4.78, 5) is 0. The highest BCUT2D eigenvalue weighted by Crippen LogP contribution is 2.29. The largest absolute Gasteiger partial charge is 1.00 e. The zero-order chi connectivity index (χ0) is 13.4. The predicted molar refractivity (Wildman–Crippen MR) is 80.9 cm³/mol. The predicted octanol–water partition coefficient (Wildman–Crippen LogP) is 0.674. The maximum absolute atomic E-state index is 3.68. The minimum absolute atomic E-state index is 0. The quantitative estimate of drug-likeness (QED) is 0.698. The number of halogens is 1. The molecule has 0 bridgehead atoms. The molecule has 0 saturated carbocycles. The summed E-state index contributed by atoms with van der Waals surface area (Å²) < 4.78 is 2.30. The van der Waals surface area contributed by atoms with E-state index in [2.05, 4.69) is 82.8 Å². The number of benzene rings is 2. The van der Waals surface area contributed by atoms with Crippen LogP contribution in [0.4, 0.5) is 0 Å². The molecule has 0 spiro atoms. The molecule has 1 aliphatic rings. The summed E-state index contributed by atoms with van der Waals surface area (Å²) in [5.74, 6) is 0. The van der Waals surface area contributed by atoms with Crippen molar-refractivity contribution in [2.75, 3.05) is 0 Å². The Morgan fingerprint density at radius 2 is 1.62 bits per heavy atom. The van der Waals surface area contributed by atoms with Gasteiger partial charge < -0.3 is 22.3 Å². The highest BCUT2D eigenvalue weighted by Gasteiger charge is 2.22. The van der Waals surface area contributed by atoms with E-state index in [4.69, 9.17) is 0 Å². The van der Waals surface area contributed by atoms with Crippen molar-refractivity contribution in [1.29, 1.82) is 0 Å². The minimum Gasteiger partial charge on any atom is -1.00 e. The van der Waals surface area contributed by atoms with E-state index in [0.717, 1.165) is 6.54 Å². The number of hydrogen-bond donors (Lipinski definition) is 1. The first-order chi connectivity index (χ1) is 9.93. The van der Waals surface area contributed by atoms with Gasteiger partial charge in [-0.15, -0.1) is 0 Å². The van der Waals surface area contributed by atoms with Crippen molar-refractivity contribution in [3.63, 3.8) is 0 Å². The van der Waals surface area contributed by atoms with E-state index in [1.54, 1.807) is 0 Å². The molecule has 1 atom stereocenters. The monoisotopic (exact) mass is 295 g/mol. The molecule has 4 rings (SSSR count). The molecule has 0 amide bonds. The number of para-hydroxylation sites is 1. The van der Waals surface area contributed by atoms with Crippen LogP contribution in [0.5, 0.6) is 0 Å². The molecule has 21 heavy (non-hydrogen) atoms. The first kappa shape index (κ1) is 13.9. The first-order valence-electron chi connectivity index (χ1n) is 6.97. The third-order valence-electron chi connectivity index (χ3n) is 3.96. The fourth-order valence-electron chi connectivity index (χ4n) is 2.99. The molecular formula is C18H16ClN2-. The Kier molecular flexibility index (Phi) is 3.82. The molecule has 3 aromatic rings. The molecule has 0 radical (unpaired) electrons. The SMILES string of the molecule is [Cl-].c1ccc(C2NCc3ccccc3-n3cccc32)cc1. The molecule has 1 aliphatic heterocycles. The topological polar surface area (TPSA) is 17.0 Å². The second-order valence-corrected chi connectivity index (χ2v) is 5.16. The summed E-state index contributed by atoms with van der Waals surface area (Å²) >= 11 is 0. The zero-order valence-electron chi connectivity index (χ0n) is 11.5. The average molecular weight is 296 g/mol. The maximum atomic E-state index is 3.68. The zero-order valence-corrected chi connectivity index (χ0v) is 12.3. The van der Waals surface area contributed by atoms with Crippen LogP contribution in [-0.2, 0) is 6.54 Å². The molecule has 2 nitrogen and oxygen atoms in total. The van der Waals surface area contributed by atoms with Crippen LogP contribution in [-0.4, -0.2) is 4.57 Å². The number of hydrogen-bond acceptors (Lipinski definition) is 1. The number of nitrogens with one attached hydrogen (secondary N) is 1. The van der Waals surface area contributed by atoms with Crippen LogP contribution in [0.2, 0.25) is 0 Å². The van der Waals surface area contributed by atoms with Crippen molar-refractivity contribution < 1.29 is 12.4 Å². The summed E-state index contributed by atoms with van der Waals surface area (Å²) in [5, 5.41) is 3.68. The van der Waals surface area contributed by atoms with Gasteiger partial charge in [0.1, 0.15) is 0 Å². The third-order valence-corrected chi connectivity index (χ3v) is 3.96. The van der Waals surface area contributed by atoms with E-state index in [-0.39, 0.29) is 18.4 Å². The number of nitrogens with zero attached hydrogens (tertiary/aromatic N) is 1. The van der Waals surface area contributed by atoms with E-state index in [0.29, 0.717) is 0 Å². The number of rotatable bonds is 1. The van der Waals surface area contributed by atoms with E-state index < -0.39 is 0 Å². The van der Waals surface area contributed by atoms with E-state index in [9.17, 15) is 0 Å². The van der Waals surface area contributed by atoms with Crippen LogP contribution in [0, 0.1) is 0 Å². The fraction of sp³-hybridized carbons (Fsp3) is 0.111. The van der Waals surface area contributed by atoms with Gasteiger partial charge in [-0.2, -0.15) is 0 Å². The Morgan fingerprint density at radius 3 is 2.48 bits per heavy atom. The van der Waals surface area contributed by atoms with Crippen LogP contribution < -0.4 is 17.7 Å². The average Bonchev–Trinajstić information content (AvgIpc) is 2.93. The van der Waals surface area contributed by atoms with E-state index in [1.807, 2.05) is 0 Å². The van der Waals surface area contributed by atoms with Gasteiger partial charge in [-0.3, -0.25) is 0 Å². The van der Waals surface area contributed by atoms with Crippen LogP contribution >= 0.6 is 0 Å². The molecule has 1 unspecified atom stereocenters. The second-order valence-electron chi connectivity index (χ2n) is 5.16. The summed E-state index contributed by atoms with van der Waals surface area (Å²) in [6.07, 6.45) is 2.15. The van der Waals surface area contributed by atoms with Crippen molar-refractivity contribution in [2.24, 2.45) is 0 Å². The van der Waals surface area contributed by atoms with Gasteiger partial charge in [0, 0.05) is 24.1 Å². The van der Waals surface area contributed by atoms with E-state index in [1.165, 1.54) is 22.5 Å². The smallest absolute Gasteiger partial charge is 0.0737 e. The summed E-state index contributed by atoms with van der Waals surface area (Å²) in [6.45, 7) is 0.886. The van der Waals surface area contributed by atoms with Gasteiger partial charge in [-0.1, -0.05) is 48.5 Å². The molecule has 1 aromatic heterocycles. The van der Waals surface area contributed by atoms with Crippen molar-refractivity contribution in [3.8, 4) is 5.69 Å². The molecule has 1 N–H and O–H groups in total. The van der Waals surface area contributed by atoms with E-state index >= 15 is 0 Å². The Labute approximate surface area is 130 Å². The molecule has 2 heterocycles. The number of fused-ring (bicyclic) bond motifs is 3. The molecule has 106 valence electrons. The Bertz CT molecular complexity index is 734. The summed E-state index contributed by atoms with van der Waals surface area (Å²) in [6, 6.07) is 23.8. The van der Waals surface area contributed by atoms with Gasteiger partial charge in [-0.05, 0) is 29.3 Å². The summed E-state index contributed by atoms with van der Waals surface area (Å²) in [5.41, 5.74) is 5.21.